The minimum atomic E-state index is -0.210. The highest BCUT2D eigenvalue weighted by Crippen LogP contribution is 2.37. The van der Waals surface area contributed by atoms with Crippen molar-refractivity contribution in [2.45, 2.75) is 18.1 Å². The van der Waals surface area contributed by atoms with Gasteiger partial charge in [-0.1, -0.05) is 12.1 Å². The molecular weight excluding hydrogens is 441 g/mol. The molecule has 0 saturated heterocycles. The molecule has 0 bridgehead atoms. The van der Waals surface area contributed by atoms with E-state index in [1.165, 1.54) is 17.8 Å². The van der Waals surface area contributed by atoms with Crippen molar-refractivity contribution in [2.75, 3.05) is 0 Å². The minimum absolute atomic E-state index is 0.210. The maximum Gasteiger partial charge on any atom is 0.135 e. The van der Waals surface area contributed by atoms with Crippen molar-refractivity contribution in [3.05, 3.63) is 82.2 Å². The van der Waals surface area contributed by atoms with Crippen LogP contribution in [-0.4, -0.2) is 19.2 Å². The lowest BCUT2D eigenvalue weighted by Gasteiger charge is -2.10. The van der Waals surface area contributed by atoms with Crippen LogP contribution in [-0.2, 0) is 25.1 Å². The minimum Gasteiger partial charge on any atom is -0.506 e. The molecule has 2 aromatic carbocycles. The second kappa shape index (κ2) is 8.01. The number of hydrogen-bond acceptors (Lipinski definition) is 3. The van der Waals surface area contributed by atoms with E-state index < -0.39 is 0 Å². The highest BCUT2D eigenvalue weighted by atomic mass is 79.9. The van der Waals surface area contributed by atoms with Crippen LogP contribution in [0.1, 0.15) is 16.8 Å². The smallest absolute Gasteiger partial charge is 0.135 e. The van der Waals surface area contributed by atoms with Gasteiger partial charge in [-0.25, -0.2) is 9.37 Å². The van der Waals surface area contributed by atoms with Crippen LogP contribution in [0.5, 0.6) is 5.75 Å². The van der Waals surface area contributed by atoms with Crippen molar-refractivity contribution < 1.29 is 9.50 Å². The molecule has 4 aromatic rings. The van der Waals surface area contributed by atoms with Crippen LogP contribution in [0.15, 0.2) is 59.6 Å². The van der Waals surface area contributed by atoms with Crippen LogP contribution >= 0.6 is 27.7 Å². The summed E-state index contributed by atoms with van der Waals surface area (Å²) >= 11 is 5.26. The lowest BCUT2D eigenvalue weighted by molar-refractivity contribution is 0.464. The van der Waals surface area contributed by atoms with E-state index in [0.717, 1.165) is 33.5 Å². The van der Waals surface area contributed by atoms with Gasteiger partial charge in [-0.15, -0.1) is 0 Å². The van der Waals surface area contributed by atoms with E-state index in [1.54, 1.807) is 24.3 Å². The number of rotatable bonds is 6. The number of aromatic hydroxyl groups is 1. The molecule has 0 spiro atoms. The summed E-state index contributed by atoms with van der Waals surface area (Å²) in [5, 5.41) is 11.7. The highest BCUT2D eigenvalue weighted by Gasteiger charge is 2.16. The Hall–Kier alpha value is -2.25. The number of halogens is 2. The molecule has 0 saturated carbocycles. The Bertz CT molecular complexity index is 1110. The number of nitrogens with zero attached hydrogens (tertiary/aromatic N) is 3. The van der Waals surface area contributed by atoms with E-state index in [1.807, 2.05) is 36.0 Å². The molecule has 0 fully saturated rings. The first-order valence-electron chi connectivity index (χ1n) is 8.79. The molecule has 4 nitrogen and oxygen atoms in total. The van der Waals surface area contributed by atoms with Crippen LogP contribution in [0.2, 0.25) is 0 Å². The number of aryl methyl sites for hydroxylation is 1. The Morgan fingerprint density at radius 3 is 2.68 bits per heavy atom. The molecule has 0 aliphatic rings. The number of thioether (sulfide) groups is 1. The normalized spacial score (nSPS) is 11.4. The molecule has 0 aliphatic heterocycles. The predicted octanol–water partition coefficient (Wildman–Crippen LogP) is 5.46. The zero-order valence-corrected chi connectivity index (χ0v) is 17.7. The summed E-state index contributed by atoms with van der Waals surface area (Å²) in [5.74, 6) is 1.69. The topological polar surface area (TPSA) is 43.0 Å². The summed E-state index contributed by atoms with van der Waals surface area (Å²) in [4.78, 5) is 4.09. The lowest BCUT2D eigenvalue weighted by atomic mass is 10.1. The summed E-state index contributed by atoms with van der Waals surface area (Å²) in [7, 11) is 2.04. The molecule has 2 aromatic heterocycles. The number of phenols is 1. The fourth-order valence-corrected chi connectivity index (χ4v) is 4.74. The van der Waals surface area contributed by atoms with E-state index >= 15 is 0 Å². The van der Waals surface area contributed by atoms with Gasteiger partial charge in [-0.2, -0.15) is 11.8 Å². The third-order valence-corrected chi connectivity index (χ3v) is 6.45. The van der Waals surface area contributed by atoms with Crippen LogP contribution < -0.4 is 0 Å². The van der Waals surface area contributed by atoms with Crippen LogP contribution in [0.4, 0.5) is 4.39 Å². The molecule has 4 rings (SSSR count). The molecule has 7 heteroatoms. The average molecular weight is 460 g/mol. The summed E-state index contributed by atoms with van der Waals surface area (Å²) < 4.78 is 17.8. The molecule has 2 heterocycles. The Labute approximate surface area is 175 Å². The summed E-state index contributed by atoms with van der Waals surface area (Å²) in [5.41, 5.74) is 4.21. The third-order valence-electron chi connectivity index (χ3n) is 4.81. The van der Waals surface area contributed by atoms with Gasteiger partial charge in [-0.3, -0.25) is 0 Å². The molecule has 28 heavy (non-hydrogen) atoms. The molecule has 0 atom stereocenters. The Kier molecular flexibility index (Phi) is 5.46. The van der Waals surface area contributed by atoms with E-state index in [0.29, 0.717) is 11.0 Å². The monoisotopic (exact) mass is 459 g/mol. The van der Waals surface area contributed by atoms with Crippen molar-refractivity contribution in [1.29, 1.82) is 0 Å². The molecule has 0 aliphatic carbocycles. The van der Waals surface area contributed by atoms with Gasteiger partial charge in [0.25, 0.3) is 0 Å². The first-order valence-corrected chi connectivity index (χ1v) is 10.7. The van der Waals surface area contributed by atoms with E-state index in [2.05, 4.69) is 31.5 Å². The standard InChI is InChI=1S/C21H19BrFN3OS/c1-25-16(12-28-11-14-2-4-15(23)5-3-14)8-17-18(10-26-7-6-24-13-26)21(27)19(22)9-20(17)25/h2-9,13,27H,10-12H2,1H3. The summed E-state index contributed by atoms with van der Waals surface area (Å²) in [6.45, 7) is 0.550. The summed E-state index contributed by atoms with van der Waals surface area (Å²) in [6, 6.07) is 10.7. The number of aromatic nitrogens is 3. The van der Waals surface area contributed by atoms with Crippen LogP contribution in [0.3, 0.4) is 0 Å². The second-order valence-corrected chi connectivity index (χ2v) is 8.51. The van der Waals surface area contributed by atoms with Crippen molar-refractivity contribution in [2.24, 2.45) is 7.05 Å². The average Bonchev–Trinajstić information content (AvgIpc) is 3.30. The van der Waals surface area contributed by atoms with Crippen LogP contribution in [0, 0.1) is 5.82 Å². The van der Waals surface area contributed by atoms with E-state index in [9.17, 15) is 9.50 Å². The fourth-order valence-electron chi connectivity index (χ4n) is 3.26. The van der Waals surface area contributed by atoms with Gasteiger partial charge in [0.1, 0.15) is 11.6 Å². The molecule has 0 unspecified atom stereocenters. The van der Waals surface area contributed by atoms with Gasteiger partial charge in [0.15, 0.2) is 0 Å². The molecular formula is C21H19BrFN3OS. The van der Waals surface area contributed by atoms with Crippen molar-refractivity contribution >= 4 is 38.6 Å². The maximum atomic E-state index is 13.0. The van der Waals surface area contributed by atoms with Gasteiger partial charge in [0.2, 0.25) is 0 Å². The van der Waals surface area contributed by atoms with Gasteiger partial charge in [0, 0.05) is 53.1 Å². The van der Waals surface area contributed by atoms with Gasteiger partial charge >= 0.3 is 0 Å². The highest BCUT2D eigenvalue weighted by molar-refractivity contribution is 9.10. The first kappa shape index (κ1) is 19.1. The lowest BCUT2D eigenvalue weighted by Crippen LogP contribution is -1.99. The van der Waals surface area contributed by atoms with E-state index in [4.69, 9.17) is 0 Å². The number of hydrogen-bond donors (Lipinski definition) is 1. The predicted molar refractivity (Wildman–Crippen MR) is 115 cm³/mol. The Morgan fingerprint density at radius 2 is 1.96 bits per heavy atom. The van der Waals surface area contributed by atoms with Gasteiger partial charge in [0.05, 0.1) is 17.3 Å². The van der Waals surface area contributed by atoms with Crippen molar-refractivity contribution in [3.8, 4) is 5.75 Å². The van der Waals surface area contributed by atoms with Crippen molar-refractivity contribution in [1.82, 2.24) is 14.1 Å². The fraction of sp³-hybridized carbons (Fsp3) is 0.190. The molecule has 1 N–H and O–H groups in total. The zero-order valence-electron chi connectivity index (χ0n) is 15.3. The largest absolute Gasteiger partial charge is 0.506 e. The number of imidazole rings is 1. The maximum absolute atomic E-state index is 13.0. The SMILES string of the molecule is Cn1c(CSCc2ccc(F)cc2)cc2c(Cn3ccnc3)c(O)c(Br)cc21. The Balaban J connectivity index is 1.61. The zero-order chi connectivity index (χ0) is 19.7. The van der Waals surface area contributed by atoms with Crippen molar-refractivity contribution in [3.63, 3.8) is 0 Å². The van der Waals surface area contributed by atoms with Crippen LogP contribution in [0.25, 0.3) is 10.9 Å². The number of benzene rings is 2. The summed E-state index contributed by atoms with van der Waals surface area (Å²) in [6.07, 6.45) is 5.36. The van der Waals surface area contributed by atoms with Gasteiger partial charge < -0.3 is 14.2 Å². The second-order valence-electron chi connectivity index (χ2n) is 6.67. The molecule has 0 amide bonds. The van der Waals surface area contributed by atoms with E-state index in [-0.39, 0.29) is 11.6 Å². The third kappa shape index (κ3) is 3.82. The number of phenolic OH excluding ortho intramolecular Hbond substituents is 1. The quantitative estimate of drug-likeness (QED) is 0.415. The van der Waals surface area contributed by atoms with Gasteiger partial charge in [-0.05, 0) is 45.8 Å². The molecule has 144 valence electrons. The number of fused-ring (bicyclic) bond motifs is 1. The molecule has 0 radical (unpaired) electrons. The Morgan fingerprint density at radius 1 is 1.18 bits per heavy atom. The first-order chi connectivity index (χ1) is 13.5.